The van der Waals surface area contributed by atoms with Crippen LogP contribution in [0.15, 0.2) is 47.6 Å². The van der Waals surface area contributed by atoms with Gasteiger partial charge in [-0.25, -0.2) is 9.78 Å². The molecule has 1 aliphatic heterocycles. The predicted octanol–water partition coefficient (Wildman–Crippen LogP) is 4.27. The number of aryl methyl sites for hydroxylation is 1. The minimum absolute atomic E-state index is 0.145. The van der Waals surface area contributed by atoms with E-state index >= 15 is 0 Å². The van der Waals surface area contributed by atoms with Gasteiger partial charge in [0.05, 0.1) is 17.8 Å². The number of rotatable bonds is 6. The first kappa shape index (κ1) is 21.5. The molecule has 0 aliphatic carbocycles. The zero-order valence-corrected chi connectivity index (χ0v) is 17.7. The summed E-state index contributed by atoms with van der Waals surface area (Å²) >= 11 is 5.90. The van der Waals surface area contributed by atoms with Crippen molar-refractivity contribution in [3.8, 4) is 0 Å². The molecule has 1 aromatic carbocycles. The predicted molar refractivity (Wildman–Crippen MR) is 119 cm³/mol. The van der Waals surface area contributed by atoms with Gasteiger partial charge in [-0.15, -0.1) is 0 Å². The van der Waals surface area contributed by atoms with Crippen molar-refractivity contribution in [2.45, 2.75) is 20.8 Å². The SMILES string of the molecule is Cc1ccc(C(=O)O)c(C)c1NC(=O)c1ncccc1NCC1(C)C=CC(Cl)=NC1. The number of carbonyl (C=O) groups is 2. The number of hydrogen-bond donors (Lipinski definition) is 3. The van der Waals surface area contributed by atoms with Gasteiger partial charge in [0.25, 0.3) is 5.91 Å². The molecule has 1 amide bonds. The monoisotopic (exact) mass is 426 g/mol. The average Bonchev–Trinajstić information content (AvgIpc) is 2.72. The molecule has 0 fully saturated rings. The van der Waals surface area contributed by atoms with E-state index in [4.69, 9.17) is 11.6 Å². The quantitative estimate of drug-likeness (QED) is 0.639. The Hall–Kier alpha value is -3.19. The van der Waals surface area contributed by atoms with Gasteiger partial charge in [-0.1, -0.05) is 30.7 Å². The topological polar surface area (TPSA) is 104 Å². The van der Waals surface area contributed by atoms with Crippen LogP contribution in [-0.2, 0) is 0 Å². The number of dihydropyridines is 1. The van der Waals surface area contributed by atoms with Crippen LogP contribution in [-0.4, -0.2) is 40.2 Å². The molecule has 30 heavy (non-hydrogen) atoms. The number of carboxylic acid groups (broad SMARTS) is 1. The fourth-order valence-corrected chi connectivity index (χ4v) is 3.34. The molecule has 1 aliphatic rings. The van der Waals surface area contributed by atoms with Crippen molar-refractivity contribution < 1.29 is 14.7 Å². The summed E-state index contributed by atoms with van der Waals surface area (Å²) in [6, 6.07) is 6.73. The molecule has 8 heteroatoms. The molecule has 1 atom stereocenters. The number of nitrogens with zero attached hydrogens (tertiary/aromatic N) is 2. The molecule has 2 aromatic rings. The molecule has 0 bridgehead atoms. The Morgan fingerprint density at radius 2 is 2.03 bits per heavy atom. The van der Waals surface area contributed by atoms with E-state index in [1.165, 1.54) is 6.07 Å². The number of amides is 1. The Labute approximate surface area is 179 Å². The molecule has 0 radical (unpaired) electrons. The highest BCUT2D eigenvalue weighted by molar-refractivity contribution is 6.68. The lowest BCUT2D eigenvalue weighted by atomic mass is 9.89. The van der Waals surface area contributed by atoms with E-state index in [1.54, 1.807) is 37.4 Å². The number of aromatic carboxylic acids is 1. The van der Waals surface area contributed by atoms with E-state index < -0.39 is 11.9 Å². The summed E-state index contributed by atoms with van der Waals surface area (Å²) in [5, 5.41) is 15.9. The van der Waals surface area contributed by atoms with E-state index in [0.29, 0.717) is 35.2 Å². The van der Waals surface area contributed by atoms with E-state index in [1.807, 2.05) is 19.9 Å². The van der Waals surface area contributed by atoms with Crippen LogP contribution < -0.4 is 10.6 Å². The smallest absolute Gasteiger partial charge is 0.336 e. The Morgan fingerprint density at radius 1 is 1.27 bits per heavy atom. The number of halogens is 1. The molecule has 1 unspecified atom stereocenters. The Bertz CT molecular complexity index is 1060. The van der Waals surface area contributed by atoms with Gasteiger partial charge in [0, 0.05) is 23.8 Å². The molecule has 2 heterocycles. The number of carbonyl (C=O) groups excluding carboxylic acids is 1. The summed E-state index contributed by atoms with van der Waals surface area (Å²) < 4.78 is 0. The molecule has 7 nitrogen and oxygen atoms in total. The van der Waals surface area contributed by atoms with Crippen LogP contribution >= 0.6 is 11.6 Å². The third kappa shape index (κ3) is 4.68. The van der Waals surface area contributed by atoms with Gasteiger partial charge in [0.1, 0.15) is 5.17 Å². The Morgan fingerprint density at radius 3 is 2.70 bits per heavy atom. The summed E-state index contributed by atoms with van der Waals surface area (Å²) in [6.07, 6.45) is 5.31. The highest BCUT2D eigenvalue weighted by atomic mass is 35.5. The van der Waals surface area contributed by atoms with Crippen LogP contribution in [0.2, 0.25) is 0 Å². The zero-order chi connectivity index (χ0) is 21.9. The van der Waals surface area contributed by atoms with E-state index in [-0.39, 0.29) is 16.7 Å². The summed E-state index contributed by atoms with van der Waals surface area (Å²) in [5.41, 5.74) is 2.44. The summed E-state index contributed by atoms with van der Waals surface area (Å²) in [4.78, 5) is 32.9. The normalized spacial score (nSPS) is 17.9. The molecule has 156 valence electrons. The molecular weight excluding hydrogens is 404 g/mol. The Balaban J connectivity index is 1.81. The summed E-state index contributed by atoms with van der Waals surface area (Å²) in [5.74, 6) is -1.46. The number of nitrogens with one attached hydrogen (secondary N) is 2. The maximum absolute atomic E-state index is 13.0. The number of hydrogen-bond acceptors (Lipinski definition) is 5. The standard InChI is InChI=1S/C22H23ClN4O3/c1-13-6-7-15(21(29)30)14(2)18(13)27-20(28)19-16(5-4-10-24-19)25-11-22(3)9-8-17(23)26-12-22/h4-10,25H,11-12H2,1-3H3,(H,27,28)(H,29,30). The van der Waals surface area contributed by atoms with E-state index in [9.17, 15) is 14.7 Å². The minimum Gasteiger partial charge on any atom is -0.478 e. The van der Waals surface area contributed by atoms with Crippen LogP contribution in [0.25, 0.3) is 0 Å². The fourth-order valence-electron chi connectivity index (χ4n) is 3.22. The number of benzene rings is 1. The van der Waals surface area contributed by atoms with E-state index in [2.05, 4.69) is 20.6 Å². The van der Waals surface area contributed by atoms with Gasteiger partial charge < -0.3 is 15.7 Å². The van der Waals surface area contributed by atoms with Crippen LogP contribution in [0.5, 0.6) is 0 Å². The molecule has 3 N–H and O–H groups in total. The first-order chi connectivity index (χ1) is 14.2. The maximum atomic E-state index is 13.0. The van der Waals surface area contributed by atoms with Crippen LogP contribution in [0.1, 0.15) is 38.9 Å². The van der Waals surface area contributed by atoms with Crippen LogP contribution in [0, 0.1) is 19.3 Å². The van der Waals surface area contributed by atoms with E-state index in [0.717, 1.165) is 5.56 Å². The number of aromatic nitrogens is 1. The maximum Gasteiger partial charge on any atom is 0.336 e. The van der Waals surface area contributed by atoms with Gasteiger partial charge in [-0.2, -0.15) is 0 Å². The van der Waals surface area contributed by atoms with Crippen molar-refractivity contribution in [2.24, 2.45) is 10.4 Å². The van der Waals surface area contributed by atoms with Crippen molar-refractivity contribution in [1.29, 1.82) is 0 Å². The van der Waals surface area contributed by atoms with Crippen molar-refractivity contribution in [2.75, 3.05) is 23.7 Å². The minimum atomic E-state index is -1.04. The molecular formula is C22H23ClN4O3. The molecule has 0 saturated heterocycles. The Kier molecular flexibility index (Phi) is 6.22. The second-order valence-electron chi connectivity index (χ2n) is 7.57. The lowest BCUT2D eigenvalue weighted by Crippen LogP contribution is -2.30. The number of allylic oxidation sites excluding steroid dienone is 1. The molecule has 3 rings (SSSR count). The lowest BCUT2D eigenvalue weighted by molar-refractivity contribution is 0.0695. The van der Waals surface area contributed by atoms with Crippen molar-refractivity contribution in [3.05, 3.63) is 65.0 Å². The summed E-state index contributed by atoms with van der Waals surface area (Å²) in [6.45, 7) is 6.61. The number of aliphatic imine (C=N–C) groups is 1. The van der Waals surface area contributed by atoms with Crippen LogP contribution in [0.4, 0.5) is 11.4 Å². The van der Waals surface area contributed by atoms with Crippen molar-refractivity contribution in [3.63, 3.8) is 0 Å². The second kappa shape index (κ2) is 8.67. The molecule has 1 aromatic heterocycles. The van der Waals surface area contributed by atoms with Gasteiger partial charge in [-0.05, 0) is 49.2 Å². The third-order valence-electron chi connectivity index (χ3n) is 5.06. The largest absolute Gasteiger partial charge is 0.478 e. The molecule has 0 spiro atoms. The molecule has 0 saturated carbocycles. The van der Waals surface area contributed by atoms with Gasteiger partial charge in [0.15, 0.2) is 5.69 Å². The number of carboxylic acids is 1. The lowest BCUT2D eigenvalue weighted by Gasteiger charge is -2.27. The van der Waals surface area contributed by atoms with Gasteiger partial charge in [0.2, 0.25) is 0 Å². The summed E-state index contributed by atoms with van der Waals surface area (Å²) in [7, 11) is 0. The average molecular weight is 427 g/mol. The zero-order valence-electron chi connectivity index (χ0n) is 17.0. The van der Waals surface area contributed by atoms with Crippen molar-refractivity contribution >= 4 is 40.0 Å². The van der Waals surface area contributed by atoms with Crippen molar-refractivity contribution in [1.82, 2.24) is 4.98 Å². The van der Waals surface area contributed by atoms with Crippen LogP contribution in [0.3, 0.4) is 0 Å². The number of anilines is 2. The second-order valence-corrected chi connectivity index (χ2v) is 7.96. The number of pyridine rings is 1. The first-order valence-electron chi connectivity index (χ1n) is 9.43. The fraction of sp³-hybridized carbons (Fsp3) is 0.273. The highest BCUT2D eigenvalue weighted by Crippen LogP contribution is 2.27. The third-order valence-corrected chi connectivity index (χ3v) is 5.31. The first-order valence-corrected chi connectivity index (χ1v) is 9.81. The highest BCUT2D eigenvalue weighted by Gasteiger charge is 2.25. The van der Waals surface area contributed by atoms with Gasteiger partial charge >= 0.3 is 5.97 Å². The van der Waals surface area contributed by atoms with Gasteiger partial charge in [-0.3, -0.25) is 9.79 Å².